The highest BCUT2D eigenvalue weighted by molar-refractivity contribution is 5.82. The molecule has 0 spiro atoms. The predicted octanol–water partition coefficient (Wildman–Crippen LogP) is 1.58. The Balaban J connectivity index is 2.10. The Hall–Kier alpha value is -2.17. The fraction of sp³-hybridized carbons (Fsp3) is 0.188. The predicted molar refractivity (Wildman–Crippen MR) is 75.6 cm³/mol. The van der Waals surface area contributed by atoms with Crippen molar-refractivity contribution in [1.29, 1.82) is 0 Å². The zero-order valence-corrected chi connectivity index (χ0v) is 11.0. The fourth-order valence-electron chi connectivity index (χ4n) is 1.86. The first-order valence-electron chi connectivity index (χ1n) is 6.33. The van der Waals surface area contributed by atoms with Crippen molar-refractivity contribution < 1.29 is 14.6 Å². The lowest BCUT2D eigenvalue weighted by molar-refractivity contribution is -0.153. The molecule has 0 amide bonds. The highest BCUT2D eigenvalue weighted by Gasteiger charge is 2.37. The molecule has 1 unspecified atom stereocenters. The molecule has 1 atom stereocenters. The van der Waals surface area contributed by atoms with Crippen molar-refractivity contribution in [3.05, 3.63) is 71.8 Å². The second-order valence-electron chi connectivity index (χ2n) is 4.56. The first-order chi connectivity index (χ1) is 9.66. The van der Waals surface area contributed by atoms with E-state index in [-0.39, 0.29) is 6.61 Å². The molecule has 2 aromatic carbocycles. The average molecular weight is 271 g/mol. The van der Waals surface area contributed by atoms with Gasteiger partial charge in [-0.15, -0.1) is 0 Å². The number of benzene rings is 2. The Kier molecular flexibility index (Phi) is 4.50. The molecule has 0 aliphatic heterocycles. The van der Waals surface area contributed by atoms with E-state index in [2.05, 4.69) is 0 Å². The quantitative estimate of drug-likeness (QED) is 0.810. The highest BCUT2D eigenvalue weighted by atomic mass is 16.5. The third kappa shape index (κ3) is 3.04. The molecule has 4 heteroatoms. The number of aliphatic hydroxyl groups is 1. The van der Waals surface area contributed by atoms with Crippen molar-refractivity contribution in [3.63, 3.8) is 0 Å². The number of esters is 1. The van der Waals surface area contributed by atoms with Gasteiger partial charge in [0.25, 0.3) is 0 Å². The van der Waals surface area contributed by atoms with Gasteiger partial charge in [0.15, 0.2) is 5.54 Å². The zero-order valence-electron chi connectivity index (χ0n) is 11.0. The molecule has 3 N–H and O–H groups in total. The number of carbonyl (C=O) groups is 1. The van der Waals surface area contributed by atoms with Gasteiger partial charge >= 0.3 is 5.97 Å². The Labute approximate surface area is 117 Å². The summed E-state index contributed by atoms with van der Waals surface area (Å²) >= 11 is 0. The van der Waals surface area contributed by atoms with Gasteiger partial charge in [-0.3, -0.25) is 0 Å². The van der Waals surface area contributed by atoms with Crippen molar-refractivity contribution in [2.45, 2.75) is 12.1 Å². The molecule has 104 valence electrons. The van der Waals surface area contributed by atoms with Gasteiger partial charge in [0, 0.05) is 0 Å². The van der Waals surface area contributed by atoms with Crippen LogP contribution < -0.4 is 5.73 Å². The summed E-state index contributed by atoms with van der Waals surface area (Å²) in [6.07, 6.45) is 0. The van der Waals surface area contributed by atoms with Crippen molar-refractivity contribution in [2.75, 3.05) is 6.61 Å². The third-order valence-corrected chi connectivity index (χ3v) is 3.12. The monoisotopic (exact) mass is 271 g/mol. The normalized spacial score (nSPS) is 13.5. The first-order valence-corrected chi connectivity index (χ1v) is 6.33. The van der Waals surface area contributed by atoms with Crippen LogP contribution in [0.5, 0.6) is 0 Å². The van der Waals surface area contributed by atoms with Crippen molar-refractivity contribution >= 4 is 5.97 Å². The van der Waals surface area contributed by atoms with Gasteiger partial charge in [0.1, 0.15) is 6.61 Å². The summed E-state index contributed by atoms with van der Waals surface area (Å²) in [7, 11) is 0. The molecule has 0 radical (unpaired) electrons. The minimum atomic E-state index is -1.53. The molecule has 0 saturated carbocycles. The number of nitrogens with two attached hydrogens (primary N) is 1. The lowest BCUT2D eigenvalue weighted by Crippen LogP contribution is -2.49. The Morgan fingerprint density at radius 2 is 1.60 bits per heavy atom. The summed E-state index contributed by atoms with van der Waals surface area (Å²) < 4.78 is 5.21. The molecular weight excluding hydrogens is 254 g/mol. The van der Waals surface area contributed by atoms with Crippen LogP contribution in [-0.4, -0.2) is 17.7 Å². The Morgan fingerprint density at radius 3 is 2.15 bits per heavy atom. The minimum Gasteiger partial charge on any atom is -0.459 e. The third-order valence-electron chi connectivity index (χ3n) is 3.12. The molecule has 0 aromatic heterocycles. The van der Waals surface area contributed by atoms with Gasteiger partial charge in [-0.05, 0) is 11.1 Å². The van der Waals surface area contributed by atoms with E-state index in [1.165, 1.54) is 0 Å². The molecule has 0 heterocycles. The second kappa shape index (κ2) is 6.32. The van der Waals surface area contributed by atoms with Crippen molar-refractivity contribution in [3.8, 4) is 0 Å². The number of hydrogen-bond donors (Lipinski definition) is 2. The van der Waals surface area contributed by atoms with Crippen LogP contribution in [-0.2, 0) is 21.7 Å². The molecule has 2 aromatic rings. The van der Waals surface area contributed by atoms with Gasteiger partial charge in [0.05, 0.1) is 6.61 Å². The topological polar surface area (TPSA) is 72.5 Å². The van der Waals surface area contributed by atoms with E-state index in [1.807, 2.05) is 36.4 Å². The highest BCUT2D eigenvalue weighted by Crippen LogP contribution is 2.20. The van der Waals surface area contributed by atoms with E-state index in [4.69, 9.17) is 10.5 Å². The van der Waals surface area contributed by atoms with Crippen LogP contribution >= 0.6 is 0 Å². The van der Waals surface area contributed by atoms with E-state index >= 15 is 0 Å². The lowest BCUT2D eigenvalue weighted by atomic mass is 9.92. The van der Waals surface area contributed by atoms with Gasteiger partial charge in [0.2, 0.25) is 0 Å². The molecule has 0 saturated heterocycles. The summed E-state index contributed by atoms with van der Waals surface area (Å²) in [4.78, 5) is 12.2. The van der Waals surface area contributed by atoms with E-state index < -0.39 is 18.1 Å². The van der Waals surface area contributed by atoms with Crippen LogP contribution in [0.25, 0.3) is 0 Å². The summed E-state index contributed by atoms with van der Waals surface area (Å²) in [6, 6.07) is 18.0. The molecular formula is C16H17NO3. The van der Waals surface area contributed by atoms with Crippen LogP contribution in [0.2, 0.25) is 0 Å². The smallest absolute Gasteiger partial charge is 0.333 e. The van der Waals surface area contributed by atoms with Crippen LogP contribution in [0, 0.1) is 0 Å². The standard InChI is InChI=1S/C16H17NO3/c17-16(12-18,14-9-5-2-6-10-14)15(19)20-11-13-7-3-1-4-8-13/h1-10,18H,11-12,17H2. The van der Waals surface area contributed by atoms with Crippen LogP contribution in [0.3, 0.4) is 0 Å². The van der Waals surface area contributed by atoms with E-state index in [1.54, 1.807) is 24.3 Å². The summed E-state index contributed by atoms with van der Waals surface area (Å²) in [5.41, 5.74) is 5.87. The van der Waals surface area contributed by atoms with E-state index in [0.29, 0.717) is 5.56 Å². The second-order valence-corrected chi connectivity index (χ2v) is 4.56. The van der Waals surface area contributed by atoms with Crippen molar-refractivity contribution in [2.24, 2.45) is 5.73 Å². The van der Waals surface area contributed by atoms with Crippen LogP contribution in [0.4, 0.5) is 0 Å². The van der Waals surface area contributed by atoms with Gasteiger partial charge in [-0.1, -0.05) is 60.7 Å². The van der Waals surface area contributed by atoms with Crippen LogP contribution in [0.1, 0.15) is 11.1 Å². The van der Waals surface area contributed by atoms with Crippen molar-refractivity contribution in [1.82, 2.24) is 0 Å². The molecule has 4 nitrogen and oxygen atoms in total. The number of ether oxygens (including phenoxy) is 1. The van der Waals surface area contributed by atoms with E-state index in [9.17, 15) is 9.90 Å². The zero-order chi connectivity index (χ0) is 14.4. The first kappa shape index (κ1) is 14.2. The molecule has 20 heavy (non-hydrogen) atoms. The maximum absolute atomic E-state index is 12.2. The molecule has 0 aliphatic carbocycles. The Morgan fingerprint density at radius 1 is 1.05 bits per heavy atom. The summed E-state index contributed by atoms with van der Waals surface area (Å²) in [6.45, 7) is -0.379. The van der Waals surface area contributed by atoms with Gasteiger partial charge in [-0.2, -0.15) is 0 Å². The maximum atomic E-state index is 12.2. The maximum Gasteiger partial charge on any atom is 0.333 e. The Bertz CT molecular complexity index is 556. The number of aliphatic hydroxyl groups excluding tert-OH is 1. The molecule has 0 aliphatic rings. The lowest BCUT2D eigenvalue weighted by Gasteiger charge is -2.25. The SMILES string of the molecule is NC(CO)(C(=O)OCc1ccccc1)c1ccccc1. The van der Waals surface area contributed by atoms with Gasteiger partial charge < -0.3 is 15.6 Å². The minimum absolute atomic E-state index is 0.130. The number of carbonyl (C=O) groups excluding carboxylic acids is 1. The molecule has 0 bridgehead atoms. The fourth-order valence-corrected chi connectivity index (χ4v) is 1.86. The van der Waals surface area contributed by atoms with Crippen LogP contribution in [0.15, 0.2) is 60.7 Å². The van der Waals surface area contributed by atoms with Gasteiger partial charge in [-0.25, -0.2) is 4.79 Å². The summed E-state index contributed by atoms with van der Waals surface area (Å²) in [5, 5.41) is 9.48. The molecule has 0 fully saturated rings. The number of hydrogen-bond acceptors (Lipinski definition) is 4. The van der Waals surface area contributed by atoms with E-state index in [0.717, 1.165) is 5.56 Å². The molecule has 2 rings (SSSR count). The largest absolute Gasteiger partial charge is 0.459 e. The number of rotatable bonds is 5. The summed E-state index contributed by atoms with van der Waals surface area (Å²) in [5.74, 6) is -0.643. The average Bonchev–Trinajstić information content (AvgIpc) is 2.53.